The second-order valence-electron chi connectivity index (χ2n) is 5.54. The van der Waals surface area contributed by atoms with Crippen molar-refractivity contribution in [3.05, 3.63) is 59.9 Å². The van der Waals surface area contributed by atoms with Crippen LogP contribution in [-0.4, -0.2) is 51.4 Å². The lowest BCUT2D eigenvalue weighted by atomic mass is 9.78. The number of hydrogen-bond acceptors (Lipinski definition) is 6. The smallest absolute Gasteiger partial charge is 0.467 e. The molecule has 1 heterocycles. The molecule has 1 amide bonds. The molecule has 0 spiro atoms. The Labute approximate surface area is 152 Å². The highest BCUT2D eigenvalue weighted by molar-refractivity contribution is 6.61. The molecular weight excluding hydrogens is 335 g/mol. The fourth-order valence-corrected chi connectivity index (χ4v) is 2.49. The van der Waals surface area contributed by atoms with E-state index in [1.54, 1.807) is 32.5 Å². The van der Waals surface area contributed by atoms with E-state index < -0.39 is 19.1 Å². The van der Waals surface area contributed by atoms with Crippen LogP contribution in [0.15, 0.2) is 48.8 Å². The lowest BCUT2D eigenvalue weighted by molar-refractivity contribution is -0.142. The predicted octanol–water partition coefficient (Wildman–Crippen LogP) is 0.584. The summed E-state index contributed by atoms with van der Waals surface area (Å²) in [7, 11) is 3.95. The molecule has 0 aliphatic heterocycles. The number of carbonyl (C=O) groups is 2. The number of carbonyl (C=O) groups excluding carboxylic acids is 2. The minimum Gasteiger partial charge on any atom is -0.467 e. The van der Waals surface area contributed by atoms with Crippen LogP contribution in [0, 0.1) is 0 Å². The van der Waals surface area contributed by atoms with E-state index in [9.17, 15) is 9.59 Å². The van der Waals surface area contributed by atoms with Gasteiger partial charge in [0.2, 0.25) is 0 Å². The highest BCUT2D eigenvalue weighted by Crippen LogP contribution is 2.06. The first-order valence-corrected chi connectivity index (χ1v) is 8.02. The predicted molar refractivity (Wildman–Crippen MR) is 97.1 cm³/mol. The molecule has 0 bridgehead atoms. The number of pyridine rings is 1. The van der Waals surface area contributed by atoms with Crippen molar-refractivity contribution in [2.45, 2.75) is 12.5 Å². The molecule has 136 valence electrons. The van der Waals surface area contributed by atoms with E-state index in [0.29, 0.717) is 12.0 Å². The van der Waals surface area contributed by atoms with Crippen molar-refractivity contribution in [2.24, 2.45) is 0 Å². The molecule has 1 aromatic carbocycles. The van der Waals surface area contributed by atoms with Gasteiger partial charge in [-0.05, 0) is 23.2 Å². The summed E-state index contributed by atoms with van der Waals surface area (Å²) in [6, 6.07) is 9.89. The Bertz CT molecular complexity index is 720. The summed E-state index contributed by atoms with van der Waals surface area (Å²) in [6.07, 6.45) is 3.31. The van der Waals surface area contributed by atoms with Crippen LogP contribution in [0.1, 0.15) is 15.9 Å². The molecule has 26 heavy (non-hydrogen) atoms. The van der Waals surface area contributed by atoms with Crippen molar-refractivity contribution in [2.75, 3.05) is 21.3 Å². The molecule has 1 N–H and O–H groups in total. The molecule has 1 atom stereocenters. The molecule has 0 aliphatic carbocycles. The van der Waals surface area contributed by atoms with Crippen molar-refractivity contribution in [1.82, 2.24) is 10.3 Å². The minimum absolute atomic E-state index is 0.295. The van der Waals surface area contributed by atoms with Crippen LogP contribution >= 0.6 is 0 Å². The van der Waals surface area contributed by atoms with Crippen LogP contribution in [0.3, 0.4) is 0 Å². The van der Waals surface area contributed by atoms with Gasteiger partial charge in [0, 0.05) is 33.0 Å². The number of methoxy groups -OCH3 is 1. The SMILES string of the molecule is COB(OC)c1ccc(C[C@@H](NC(=O)c2cccnc2)C(=O)OC)cc1. The Kier molecular flexibility index (Phi) is 7.31. The van der Waals surface area contributed by atoms with Crippen molar-refractivity contribution in [3.63, 3.8) is 0 Å². The zero-order chi connectivity index (χ0) is 18.9. The highest BCUT2D eigenvalue weighted by atomic mass is 16.6. The number of benzene rings is 1. The summed E-state index contributed by atoms with van der Waals surface area (Å²) >= 11 is 0. The molecule has 7 nitrogen and oxygen atoms in total. The molecule has 1 aromatic heterocycles. The number of hydrogen-bond donors (Lipinski definition) is 1. The molecule has 0 unspecified atom stereocenters. The maximum absolute atomic E-state index is 12.3. The van der Waals surface area contributed by atoms with Gasteiger partial charge < -0.3 is 19.4 Å². The lowest BCUT2D eigenvalue weighted by Crippen LogP contribution is -2.43. The number of aromatic nitrogens is 1. The molecule has 0 saturated carbocycles. The van der Waals surface area contributed by atoms with Gasteiger partial charge in [0.15, 0.2) is 0 Å². The molecule has 0 aliphatic rings. The Morgan fingerprint density at radius 2 is 1.81 bits per heavy atom. The lowest BCUT2D eigenvalue weighted by Gasteiger charge is -2.17. The monoisotopic (exact) mass is 356 g/mol. The van der Waals surface area contributed by atoms with Gasteiger partial charge in [0.25, 0.3) is 5.91 Å². The van der Waals surface area contributed by atoms with E-state index in [0.717, 1.165) is 11.0 Å². The summed E-state index contributed by atoms with van der Waals surface area (Å²) in [5.74, 6) is -0.901. The van der Waals surface area contributed by atoms with E-state index in [2.05, 4.69) is 10.3 Å². The van der Waals surface area contributed by atoms with Gasteiger partial charge in [-0.1, -0.05) is 24.3 Å². The van der Waals surface area contributed by atoms with Crippen LogP contribution in [-0.2, 0) is 25.3 Å². The third kappa shape index (κ3) is 5.14. The highest BCUT2D eigenvalue weighted by Gasteiger charge is 2.23. The summed E-state index contributed by atoms with van der Waals surface area (Å²) in [5, 5.41) is 2.69. The summed E-state index contributed by atoms with van der Waals surface area (Å²) in [6.45, 7) is 0. The molecule has 0 radical (unpaired) electrons. The van der Waals surface area contributed by atoms with E-state index >= 15 is 0 Å². The molecular formula is C18H21BN2O5. The summed E-state index contributed by atoms with van der Waals surface area (Å²) in [5.41, 5.74) is 2.09. The standard InChI is InChI=1S/C18H21BN2O5/c1-24-18(23)16(21-17(22)14-5-4-10-20-12-14)11-13-6-8-15(9-7-13)19(25-2)26-3/h4-10,12,16H,11H2,1-3H3,(H,21,22)/t16-/m1/s1. The van der Waals surface area contributed by atoms with Gasteiger partial charge in [-0.15, -0.1) is 0 Å². The van der Waals surface area contributed by atoms with Gasteiger partial charge in [0.05, 0.1) is 12.7 Å². The summed E-state index contributed by atoms with van der Waals surface area (Å²) in [4.78, 5) is 28.3. The third-order valence-electron chi connectivity index (χ3n) is 3.83. The number of amides is 1. The van der Waals surface area contributed by atoms with E-state index in [1.807, 2.05) is 24.3 Å². The topological polar surface area (TPSA) is 86.8 Å². The first kappa shape index (κ1) is 19.6. The van der Waals surface area contributed by atoms with Gasteiger partial charge in [-0.3, -0.25) is 9.78 Å². The largest absolute Gasteiger partial charge is 0.493 e. The Morgan fingerprint density at radius 1 is 1.12 bits per heavy atom. The second kappa shape index (κ2) is 9.69. The molecule has 2 rings (SSSR count). The molecule has 2 aromatic rings. The average Bonchev–Trinajstić information content (AvgIpc) is 2.69. The number of esters is 1. The van der Waals surface area contributed by atoms with Crippen molar-refractivity contribution >= 4 is 24.5 Å². The molecule has 8 heteroatoms. The summed E-state index contributed by atoms with van der Waals surface area (Å²) < 4.78 is 15.2. The van der Waals surface area contributed by atoms with Crippen LogP contribution in [0.2, 0.25) is 0 Å². The van der Waals surface area contributed by atoms with Crippen molar-refractivity contribution in [1.29, 1.82) is 0 Å². The minimum atomic E-state index is -0.806. The van der Waals surface area contributed by atoms with Crippen molar-refractivity contribution < 1.29 is 23.6 Å². The first-order chi connectivity index (χ1) is 12.6. The fraction of sp³-hybridized carbons (Fsp3) is 0.278. The Morgan fingerprint density at radius 3 is 2.35 bits per heavy atom. The Hall–Kier alpha value is -2.71. The second-order valence-corrected chi connectivity index (χ2v) is 5.54. The van der Waals surface area contributed by atoms with Crippen LogP contribution < -0.4 is 10.8 Å². The Balaban J connectivity index is 2.10. The van der Waals surface area contributed by atoms with Gasteiger partial charge in [0.1, 0.15) is 6.04 Å². The van der Waals surface area contributed by atoms with Crippen molar-refractivity contribution in [3.8, 4) is 0 Å². The normalized spacial score (nSPS) is 11.5. The maximum atomic E-state index is 12.3. The quantitative estimate of drug-likeness (QED) is 0.550. The van der Waals surface area contributed by atoms with Crippen LogP contribution in [0.4, 0.5) is 0 Å². The average molecular weight is 356 g/mol. The number of rotatable bonds is 8. The number of ether oxygens (including phenoxy) is 1. The number of nitrogens with zero attached hydrogens (tertiary/aromatic N) is 1. The fourth-order valence-electron chi connectivity index (χ4n) is 2.49. The number of nitrogens with one attached hydrogen (secondary N) is 1. The third-order valence-corrected chi connectivity index (χ3v) is 3.83. The van der Waals surface area contributed by atoms with E-state index in [4.69, 9.17) is 14.0 Å². The van der Waals surface area contributed by atoms with Gasteiger partial charge >= 0.3 is 13.1 Å². The van der Waals surface area contributed by atoms with E-state index in [-0.39, 0.29) is 5.91 Å². The van der Waals surface area contributed by atoms with Crippen LogP contribution in [0.5, 0.6) is 0 Å². The molecule has 0 fully saturated rings. The zero-order valence-electron chi connectivity index (χ0n) is 15.0. The van der Waals surface area contributed by atoms with E-state index in [1.165, 1.54) is 13.3 Å². The van der Waals surface area contributed by atoms with Gasteiger partial charge in [-0.25, -0.2) is 4.79 Å². The van der Waals surface area contributed by atoms with Crippen LogP contribution in [0.25, 0.3) is 0 Å². The first-order valence-electron chi connectivity index (χ1n) is 8.02. The zero-order valence-corrected chi connectivity index (χ0v) is 15.0. The van der Waals surface area contributed by atoms with Gasteiger partial charge in [-0.2, -0.15) is 0 Å². The molecule has 0 saturated heterocycles. The maximum Gasteiger partial charge on any atom is 0.493 e.